The normalized spacial score (nSPS) is 19.5. The number of carbonyl (C=O) groups excluding carboxylic acids is 1. The maximum absolute atomic E-state index is 12.5. The van der Waals surface area contributed by atoms with Crippen LogP contribution in [-0.4, -0.2) is 47.0 Å². The van der Waals surface area contributed by atoms with Gasteiger partial charge in [-0.25, -0.2) is 9.97 Å². The lowest BCUT2D eigenvalue weighted by Crippen LogP contribution is -2.55. The molecule has 5 nitrogen and oxygen atoms in total. The first kappa shape index (κ1) is 13.9. The summed E-state index contributed by atoms with van der Waals surface area (Å²) < 4.78 is 1.14. The summed E-state index contributed by atoms with van der Waals surface area (Å²) in [6, 6.07) is 0. The molecule has 0 spiro atoms. The summed E-state index contributed by atoms with van der Waals surface area (Å²) >= 11 is 1.69. The van der Waals surface area contributed by atoms with Crippen LogP contribution in [0.1, 0.15) is 24.8 Å². The van der Waals surface area contributed by atoms with Gasteiger partial charge in [-0.2, -0.15) is 0 Å². The Morgan fingerprint density at radius 3 is 2.77 bits per heavy atom. The highest BCUT2D eigenvalue weighted by molar-refractivity contribution is 7.18. The van der Waals surface area contributed by atoms with Gasteiger partial charge in [0.05, 0.1) is 16.1 Å². The van der Waals surface area contributed by atoms with Gasteiger partial charge in [0.2, 0.25) is 5.91 Å². The molecule has 2 aromatic rings. The first-order valence-corrected chi connectivity index (χ1v) is 8.84. The Morgan fingerprint density at radius 2 is 2.00 bits per heavy atom. The van der Waals surface area contributed by atoms with Crippen molar-refractivity contribution in [2.75, 3.05) is 31.1 Å². The molecular formula is C16H20N4OS. The van der Waals surface area contributed by atoms with Gasteiger partial charge in [0.25, 0.3) is 0 Å². The highest BCUT2D eigenvalue weighted by atomic mass is 32.1. The quantitative estimate of drug-likeness (QED) is 0.854. The number of piperidine rings is 1. The van der Waals surface area contributed by atoms with Crippen LogP contribution in [-0.2, 0) is 4.79 Å². The molecule has 2 saturated heterocycles. The summed E-state index contributed by atoms with van der Waals surface area (Å²) in [5, 5.41) is 2.12. The van der Waals surface area contributed by atoms with E-state index in [0.717, 1.165) is 55.1 Å². The SMILES string of the molecule is Cc1csc2c(N3CC(C(=O)N4CCCCC4)C3)ncnc12. The molecule has 2 aliphatic heterocycles. The van der Waals surface area contributed by atoms with Gasteiger partial charge in [-0.3, -0.25) is 4.79 Å². The first-order valence-electron chi connectivity index (χ1n) is 7.96. The molecule has 4 rings (SSSR count). The van der Waals surface area contributed by atoms with E-state index in [4.69, 9.17) is 0 Å². The Hall–Kier alpha value is -1.69. The van der Waals surface area contributed by atoms with Crippen molar-refractivity contribution in [2.45, 2.75) is 26.2 Å². The number of aryl methyl sites for hydroxylation is 1. The average Bonchev–Trinajstić information content (AvgIpc) is 2.89. The minimum atomic E-state index is 0.143. The monoisotopic (exact) mass is 316 g/mol. The Labute approximate surface area is 134 Å². The lowest BCUT2D eigenvalue weighted by atomic mass is 9.97. The molecule has 0 saturated carbocycles. The lowest BCUT2D eigenvalue weighted by molar-refractivity contribution is -0.137. The van der Waals surface area contributed by atoms with Crippen LogP contribution in [0, 0.1) is 12.8 Å². The van der Waals surface area contributed by atoms with Gasteiger partial charge in [0.1, 0.15) is 12.1 Å². The number of carbonyl (C=O) groups is 1. The van der Waals surface area contributed by atoms with Crippen LogP contribution in [0.15, 0.2) is 11.7 Å². The van der Waals surface area contributed by atoms with E-state index >= 15 is 0 Å². The second-order valence-electron chi connectivity index (χ2n) is 6.28. The highest BCUT2D eigenvalue weighted by Gasteiger charge is 2.37. The fourth-order valence-electron chi connectivity index (χ4n) is 3.36. The van der Waals surface area contributed by atoms with E-state index in [2.05, 4.69) is 32.1 Å². The van der Waals surface area contributed by atoms with E-state index in [9.17, 15) is 4.79 Å². The zero-order valence-electron chi connectivity index (χ0n) is 12.8. The molecule has 0 bridgehead atoms. The maximum atomic E-state index is 12.5. The molecule has 0 unspecified atom stereocenters. The van der Waals surface area contributed by atoms with E-state index in [-0.39, 0.29) is 5.92 Å². The van der Waals surface area contributed by atoms with Crippen molar-refractivity contribution in [2.24, 2.45) is 5.92 Å². The van der Waals surface area contributed by atoms with Gasteiger partial charge in [-0.05, 0) is 37.1 Å². The smallest absolute Gasteiger partial charge is 0.229 e. The molecule has 2 aromatic heterocycles. The summed E-state index contributed by atoms with van der Waals surface area (Å²) in [5.41, 5.74) is 2.24. The Balaban J connectivity index is 1.47. The van der Waals surface area contributed by atoms with E-state index in [0.29, 0.717) is 5.91 Å². The van der Waals surface area contributed by atoms with Crippen molar-refractivity contribution in [1.29, 1.82) is 0 Å². The predicted molar refractivity (Wildman–Crippen MR) is 88.3 cm³/mol. The molecule has 4 heterocycles. The van der Waals surface area contributed by atoms with Gasteiger partial charge in [0.15, 0.2) is 0 Å². The van der Waals surface area contributed by atoms with E-state index in [1.54, 1.807) is 17.7 Å². The number of hydrogen-bond acceptors (Lipinski definition) is 5. The van der Waals surface area contributed by atoms with Crippen molar-refractivity contribution in [1.82, 2.24) is 14.9 Å². The number of anilines is 1. The maximum Gasteiger partial charge on any atom is 0.229 e. The summed E-state index contributed by atoms with van der Waals surface area (Å²) in [6.45, 7) is 5.54. The third kappa shape index (κ3) is 2.26. The fraction of sp³-hybridized carbons (Fsp3) is 0.562. The molecule has 22 heavy (non-hydrogen) atoms. The summed E-state index contributed by atoms with van der Waals surface area (Å²) in [4.78, 5) is 25.6. The number of hydrogen-bond donors (Lipinski definition) is 0. The zero-order valence-corrected chi connectivity index (χ0v) is 13.6. The van der Waals surface area contributed by atoms with Crippen LogP contribution >= 0.6 is 11.3 Å². The van der Waals surface area contributed by atoms with Gasteiger partial charge < -0.3 is 9.80 Å². The second kappa shape index (κ2) is 5.50. The van der Waals surface area contributed by atoms with Crippen LogP contribution in [0.25, 0.3) is 10.2 Å². The average molecular weight is 316 g/mol. The number of aromatic nitrogens is 2. The molecule has 116 valence electrons. The minimum Gasteiger partial charge on any atom is -0.354 e. The van der Waals surface area contributed by atoms with Crippen molar-refractivity contribution in [3.8, 4) is 0 Å². The number of thiophene rings is 1. The van der Waals surface area contributed by atoms with E-state index in [1.165, 1.54) is 12.0 Å². The molecular weight excluding hydrogens is 296 g/mol. The third-order valence-corrected chi connectivity index (χ3v) is 5.79. The van der Waals surface area contributed by atoms with E-state index in [1.807, 2.05) is 0 Å². The number of nitrogens with zero attached hydrogens (tertiary/aromatic N) is 4. The third-order valence-electron chi connectivity index (χ3n) is 4.71. The Morgan fingerprint density at radius 1 is 1.23 bits per heavy atom. The molecule has 0 atom stereocenters. The Bertz CT molecular complexity index is 701. The topological polar surface area (TPSA) is 49.3 Å². The van der Waals surface area contributed by atoms with Crippen molar-refractivity contribution in [3.63, 3.8) is 0 Å². The van der Waals surface area contributed by atoms with Gasteiger partial charge in [-0.1, -0.05) is 0 Å². The largest absolute Gasteiger partial charge is 0.354 e. The summed E-state index contributed by atoms with van der Waals surface area (Å²) in [7, 11) is 0. The van der Waals surface area contributed by atoms with Crippen LogP contribution in [0.4, 0.5) is 5.82 Å². The van der Waals surface area contributed by atoms with Crippen molar-refractivity contribution in [3.05, 3.63) is 17.3 Å². The standard InChI is InChI=1S/C16H20N4OS/c1-11-9-22-14-13(11)17-10-18-15(14)20-7-12(8-20)16(21)19-5-3-2-4-6-19/h9-10,12H,2-8H2,1H3. The summed E-state index contributed by atoms with van der Waals surface area (Å²) in [6.07, 6.45) is 5.21. The number of rotatable bonds is 2. The minimum absolute atomic E-state index is 0.143. The molecule has 1 amide bonds. The second-order valence-corrected chi connectivity index (χ2v) is 7.16. The molecule has 0 aliphatic carbocycles. The Kier molecular flexibility index (Phi) is 3.48. The van der Waals surface area contributed by atoms with Gasteiger partial charge >= 0.3 is 0 Å². The molecule has 2 fully saturated rings. The molecule has 0 N–H and O–H groups in total. The number of fused-ring (bicyclic) bond motifs is 1. The first-order chi connectivity index (χ1) is 10.7. The highest BCUT2D eigenvalue weighted by Crippen LogP contribution is 2.34. The molecule has 0 aromatic carbocycles. The lowest BCUT2D eigenvalue weighted by Gasteiger charge is -2.42. The van der Waals surface area contributed by atoms with Crippen LogP contribution in [0.5, 0.6) is 0 Å². The zero-order chi connectivity index (χ0) is 15.1. The number of amides is 1. The van der Waals surface area contributed by atoms with Crippen LogP contribution < -0.4 is 4.90 Å². The molecule has 6 heteroatoms. The van der Waals surface area contributed by atoms with Crippen molar-refractivity contribution < 1.29 is 4.79 Å². The molecule has 2 aliphatic rings. The van der Waals surface area contributed by atoms with Crippen molar-refractivity contribution >= 4 is 33.3 Å². The summed E-state index contributed by atoms with van der Waals surface area (Å²) in [5.74, 6) is 1.47. The van der Waals surface area contributed by atoms with Crippen LogP contribution in [0.2, 0.25) is 0 Å². The van der Waals surface area contributed by atoms with Gasteiger partial charge in [0, 0.05) is 26.2 Å². The van der Waals surface area contributed by atoms with Gasteiger partial charge in [-0.15, -0.1) is 11.3 Å². The van der Waals surface area contributed by atoms with Crippen LogP contribution in [0.3, 0.4) is 0 Å². The van der Waals surface area contributed by atoms with E-state index < -0.39 is 0 Å². The predicted octanol–water partition coefficient (Wildman–Crippen LogP) is 2.45. The molecule has 0 radical (unpaired) electrons. The fourth-order valence-corrected chi connectivity index (χ4v) is 4.38. The number of likely N-dealkylation sites (tertiary alicyclic amines) is 1.